The molecule has 1 heterocycles. The van der Waals surface area contributed by atoms with Gasteiger partial charge in [-0.25, -0.2) is 0 Å². The molecule has 0 unspecified atom stereocenters. The summed E-state index contributed by atoms with van der Waals surface area (Å²) in [5, 5.41) is 13.2. The van der Waals surface area contributed by atoms with Crippen molar-refractivity contribution in [3.8, 4) is 11.5 Å². The summed E-state index contributed by atoms with van der Waals surface area (Å²) in [6.07, 6.45) is 5.46. The Balaban J connectivity index is 1.67. The van der Waals surface area contributed by atoms with Gasteiger partial charge in [-0.05, 0) is 30.5 Å². The van der Waals surface area contributed by atoms with E-state index in [1.54, 1.807) is 0 Å². The largest absolute Gasteiger partial charge is 0.490 e. The van der Waals surface area contributed by atoms with Crippen LogP contribution in [0.4, 0.5) is 0 Å². The van der Waals surface area contributed by atoms with Crippen molar-refractivity contribution >= 4 is 0 Å². The van der Waals surface area contributed by atoms with Crippen LogP contribution in [0, 0.1) is 0 Å². The SMILES string of the molecule is OCC1(NCc2ccc3c(c2)OCCCO3)CCCC1. The van der Waals surface area contributed by atoms with Crippen LogP contribution in [0.15, 0.2) is 18.2 Å². The van der Waals surface area contributed by atoms with E-state index in [1.165, 1.54) is 18.4 Å². The van der Waals surface area contributed by atoms with E-state index in [1.807, 2.05) is 12.1 Å². The molecule has 110 valence electrons. The van der Waals surface area contributed by atoms with Crippen molar-refractivity contribution < 1.29 is 14.6 Å². The van der Waals surface area contributed by atoms with Crippen LogP contribution < -0.4 is 14.8 Å². The molecule has 0 amide bonds. The number of ether oxygens (including phenoxy) is 2. The molecule has 2 N–H and O–H groups in total. The van der Waals surface area contributed by atoms with Gasteiger partial charge in [-0.1, -0.05) is 18.9 Å². The molecule has 1 aliphatic carbocycles. The predicted octanol–water partition coefficient (Wildman–Crippen LogP) is 2.24. The zero-order valence-electron chi connectivity index (χ0n) is 11.9. The van der Waals surface area contributed by atoms with Gasteiger partial charge in [0.25, 0.3) is 0 Å². The third-order valence-electron chi connectivity index (χ3n) is 4.34. The van der Waals surface area contributed by atoms with Crippen LogP contribution in [-0.4, -0.2) is 30.5 Å². The van der Waals surface area contributed by atoms with Crippen LogP contribution in [0.2, 0.25) is 0 Å². The number of aliphatic hydroxyl groups excluding tert-OH is 1. The topological polar surface area (TPSA) is 50.7 Å². The van der Waals surface area contributed by atoms with Crippen molar-refractivity contribution in [1.82, 2.24) is 5.32 Å². The zero-order chi connectivity index (χ0) is 13.8. The fourth-order valence-electron chi connectivity index (χ4n) is 3.05. The molecular weight excluding hydrogens is 254 g/mol. The Morgan fingerprint density at radius 1 is 1.05 bits per heavy atom. The molecule has 20 heavy (non-hydrogen) atoms. The summed E-state index contributed by atoms with van der Waals surface area (Å²) < 4.78 is 11.3. The van der Waals surface area contributed by atoms with Gasteiger partial charge in [0.2, 0.25) is 0 Å². The lowest BCUT2D eigenvalue weighted by Crippen LogP contribution is -2.45. The molecule has 0 radical (unpaired) electrons. The lowest BCUT2D eigenvalue weighted by atomic mass is 9.98. The molecule has 0 aromatic heterocycles. The molecule has 1 fully saturated rings. The summed E-state index contributed by atoms with van der Waals surface area (Å²) in [6.45, 7) is 2.41. The summed E-state index contributed by atoms with van der Waals surface area (Å²) in [5.41, 5.74) is 1.10. The minimum atomic E-state index is -0.0792. The van der Waals surface area contributed by atoms with Gasteiger partial charge in [0.15, 0.2) is 11.5 Å². The maximum Gasteiger partial charge on any atom is 0.161 e. The number of aliphatic hydroxyl groups is 1. The first-order valence-electron chi connectivity index (χ1n) is 7.56. The monoisotopic (exact) mass is 277 g/mol. The number of fused-ring (bicyclic) bond motifs is 1. The van der Waals surface area contributed by atoms with Crippen LogP contribution in [0.25, 0.3) is 0 Å². The maximum atomic E-state index is 9.62. The van der Waals surface area contributed by atoms with Crippen molar-refractivity contribution in [2.75, 3.05) is 19.8 Å². The van der Waals surface area contributed by atoms with E-state index < -0.39 is 0 Å². The average molecular weight is 277 g/mol. The van der Waals surface area contributed by atoms with E-state index in [-0.39, 0.29) is 12.1 Å². The van der Waals surface area contributed by atoms with Gasteiger partial charge >= 0.3 is 0 Å². The number of hydrogen-bond acceptors (Lipinski definition) is 4. The van der Waals surface area contributed by atoms with Gasteiger partial charge in [-0.3, -0.25) is 0 Å². The average Bonchev–Trinajstić information content (AvgIpc) is 2.84. The molecule has 1 aliphatic heterocycles. The summed E-state index contributed by atoms with van der Waals surface area (Å²) in [5.74, 6) is 1.68. The highest BCUT2D eigenvalue weighted by Crippen LogP contribution is 2.32. The second-order valence-electron chi connectivity index (χ2n) is 5.83. The Morgan fingerprint density at radius 3 is 2.55 bits per heavy atom. The highest BCUT2D eigenvalue weighted by molar-refractivity contribution is 5.43. The van der Waals surface area contributed by atoms with Crippen molar-refractivity contribution in [3.63, 3.8) is 0 Å². The van der Waals surface area contributed by atoms with Crippen LogP contribution in [0.3, 0.4) is 0 Å². The molecule has 3 rings (SSSR count). The molecule has 1 aromatic rings. The zero-order valence-corrected chi connectivity index (χ0v) is 11.9. The number of benzene rings is 1. The first-order valence-corrected chi connectivity index (χ1v) is 7.56. The quantitative estimate of drug-likeness (QED) is 0.886. The van der Waals surface area contributed by atoms with Crippen molar-refractivity contribution in [2.24, 2.45) is 0 Å². The van der Waals surface area contributed by atoms with Crippen LogP contribution >= 0.6 is 0 Å². The summed E-state index contributed by atoms with van der Waals surface area (Å²) in [6, 6.07) is 6.10. The lowest BCUT2D eigenvalue weighted by Gasteiger charge is -2.28. The number of rotatable bonds is 4. The van der Waals surface area contributed by atoms with E-state index in [2.05, 4.69) is 11.4 Å². The molecule has 0 saturated heterocycles. The van der Waals surface area contributed by atoms with E-state index in [4.69, 9.17) is 9.47 Å². The van der Waals surface area contributed by atoms with E-state index in [9.17, 15) is 5.11 Å². The molecule has 0 atom stereocenters. The Kier molecular flexibility index (Phi) is 4.13. The third-order valence-corrected chi connectivity index (χ3v) is 4.34. The van der Waals surface area contributed by atoms with Gasteiger partial charge in [-0.2, -0.15) is 0 Å². The first-order chi connectivity index (χ1) is 9.81. The van der Waals surface area contributed by atoms with Gasteiger partial charge in [0.1, 0.15) is 0 Å². The fraction of sp³-hybridized carbons (Fsp3) is 0.625. The van der Waals surface area contributed by atoms with Gasteiger partial charge in [0.05, 0.1) is 19.8 Å². The minimum Gasteiger partial charge on any atom is -0.490 e. The third kappa shape index (κ3) is 2.91. The van der Waals surface area contributed by atoms with Gasteiger partial charge < -0.3 is 19.9 Å². The predicted molar refractivity (Wildman–Crippen MR) is 77.2 cm³/mol. The molecule has 1 saturated carbocycles. The Bertz CT molecular complexity index is 455. The van der Waals surface area contributed by atoms with Crippen molar-refractivity contribution in [1.29, 1.82) is 0 Å². The van der Waals surface area contributed by atoms with E-state index >= 15 is 0 Å². The van der Waals surface area contributed by atoms with Gasteiger partial charge in [-0.15, -0.1) is 0 Å². The molecule has 0 bridgehead atoms. The maximum absolute atomic E-state index is 9.62. The molecule has 0 spiro atoms. The normalized spacial score (nSPS) is 20.6. The number of nitrogens with one attached hydrogen (secondary N) is 1. The Labute approximate surface area is 120 Å². The summed E-state index contributed by atoms with van der Waals surface area (Å²) >= 11 is 0. The highest BCUT2D eigenvalue weighted by atomic mass is 16.5. The molecule has 1 aromatic carbocycles. The van der Waals surface area contributed by atoms with E-state index in [0.717, 1.165) is 43.9 Å². The highest BCUT2D eigenvalue weighted by Gasteiger charge is 2.32. The second kappa shape index (κ2) is 6.02. The van der Waals surface area contributed by atoms with Crippen LogP contribution in [0.1, 0.15) is 37.7 Å². The second-order valence-corrected chi connectivity index (χ2v) is 5.83. The van der Waals surface area contributed by atoms with E-state index in [0.29, 0.717) is 6.61 Å². The summed E-state index contributed by atoms with van der Waals surface area (Å²) in [7, 11) is 0. The molecule has 4 heteroatoms. The smallest absolute Gasteiger partial charge is 0.161 e. The first kappa shape index (κ1) is 13.7. The fourth-order valence-corrected chi connectivity index (χ4v) is 3.05. The molecular formula is C16H23NO3. The van der Waals surface area contributed by atoms with Crippen LogP contribution in [0.5, 0.6) is 11.5 Å². The number of hydrogen-bond donors (Lipinski definition) is 2. The Morgan fingerprint density at radius 2 is 1.80 bits per heavy atom. The lowest BCUT2D eigenvalue weighted by molar-refractivity contribution is 0.163. The van der Waals surface area contributed by atoms with Gasteiger partial charge in [0, 0.05) is 18.5 Å². The van der Waals surface area contributed by atoms with Crippen LogP contribution in [-0.2, 0) is 6.54 Å². The molecule has 2 aliphatic rings. The van der Waals surface area contributed by atoms with Crippen molar-refractivity contribution in [2.45, 2.75) is 44.2 Å². The Hall–Kier alpha value is -1.26. The summed E-state index contributed by atoms with van der Waals surface area (Å²) in [4.78, 5) is 0. The molecule has 4 nitrogen and oxygen atoms in total. The minimum absolute atomic E-state index is 0.0792. The standard InChI is InChI=1S/C16H23NO3/c18-12-16(6-1-2-7-16)17-11-13-4-5-14-15(10-13)20-9-3-8-19-14/h4-5,10,17-18H,1-3,6-9,11-12H2. The van der Waals surface area contributed by atoms with Crippen molar-refractivity contribution in [3.05, 3.63) is 23.8 Å².